The van der Waals surface area contributed by atoms with Crippen molar-refractivity contribution < 1.29 is 9.59 Å². The highest BCUT2D eigenvalue weighted by molar-refractivity contribution is 9.10. The van der Waals surface area contributed by atoms with E-state index in [9.17, 15) is 14.4 Å². The summed E-state index contributed by atoms with van der Waals surface area (Å²) in [7, 11) is 0. The molecular weight excluding hydrogens is 570 g/mol. The van der Waals surface area contributed by atoms with Crippen molar-refractivity contribution in [2.75, 3.05) is 19.6 Å². The van der Waals surface area contributed by atoms with E-state index in [2.05, 4.69) is 37.2 Å². The number of fused-ring (bicyclic) bond motifs is 4. The predicted molar refractivity (Wildman–Crippen MR) is 157 cm³/mol. The molecule has 1 aliphatic carbocycles. The third kappa shape index (κ3) is 4.74. The van der Waals surface area contributed by atoms with Gasteiger partial charge in [-0.25, -0.2) is 0 Å². The minimum Gasteiger partial charge on any atom is -0.343 e. The number of H-pyrrole nitrogens is 2. The molecule has 1 atom stereocenters. The van der Waals surface area contributed by atoms with Gasteiger partial charge in [-0.3, -0.25) is 19.5 Å². The number of hydrogen-bond donors (Lipinski definition) is 2. The van der Waals surface area contributed by atoms with Crippen LogP contribution in [0.25, 0.3) is 21.8 Å². The number of aromatic nitrogens is 3. The van der Waals surface area contributed by atoms with Crippen molar-refractivity contribution in [2.45, 2.75) is 51.0 Å². The molecule has 1 saturated heterocycles. The molecule has 2 aromatic carbocycles. The van der Waals surface area contributed by atoms with E-state index in [4.69, 9.17) is 0 Å². The summed E-state index contributed by atoms with van der Waals surface area (Å²) in [6.45, 7) is 2.51. The van der Waals surface area contributed by atoms with Crippen molar-refractivity contribution >= 4 is 49.6 Å². The van der Waals surface area contributed by atoms with Gasteiger partial charge in [0, 0.05) is 53.5 Å². The number of halogens is 1. The van der Waals surface area contributed by atoms with Gasteiger partial charge >= 0.3 is 0 Å². The van der Waals surface area contributed by atoms with E-state index in [0.29, 0.717) is 32.0 Å². The van der Waals surface area contributed by atoms with Crippen LogP contribution in [0.1, 0.15) is 54.7 Å². The molecule has 7 rings (SSSR count). The van der Waals surface area contributed by atoms with Crippen LogP contribution in [0, 0.1) is 11.8 Å². The van der Waals surface area contributed by atoms with Gasteiger partial charge in [0.05, 0.1) is 17.6 Å². The van der Waals surface area contributed by atoms with Gasteiger partial charge in [-0.1, -0.05) is 18.2 Å². The number of amides is 2. The van der Waals surface area contributed by atoms with Crippen LogP contribution >= 0.6 is 15.9 Å². The topological polar surface area (TPSA) is 102 Å². The van der Waals surface area contributed by atoms with E-state index in [1.807, 2.05) is 46.3 Å². The van der Waals surface area contributed by atoms with Gasteiger partial charge in [0.1, 0.15) is 0 Å². The Morgan fingerprint density at radius 1 is 1.07 bits per heavy atom. The van der Waals surface area contributed by atoms with Crippen LogP contribution in [-0.2, 0) is 22.6 Å². The van der Waals surface area contributed by atoms with Crippen LogP contribution in [0.5, 0.6) is 0 Å². The summed E-state index contributed by atoms with van der Waals surface area (Å²) in [5.41, 5.74) is 4.79. The van der Waals surface area contributed by atoms with Crippen molar-refractivity contribution in [3.8, 4) is 0 Å². The van der Waals surface area contributed by atoms with Crippen LogP contribution in [0.15, 0.2) is 51.9 Å². The zero-order valence-electron chi connectivity index (χ0n) is 22.3. The number of hydrogen-bond acceptors (Lipinski definition) is 4. The van der Waals surface area contributed by atoms with Crippen LogP contribution in [0.2, 0.25) is 0 Å². The Morgan fingerprint density at radius 2 is 1.88 bits per heavy atom. The molecule has 2 aliphatic heterocycles. The molecule has 0 unspecified atom stereocenters. The van der Waals surface area contributed by atoms with Crippen molar-refractivity contribution in [2.24, 2.45) is 11.8 Å². The molecule has 2 N–H and O–H groups in total. The third-order valence-corrected chi connectivity index (χ3v) is 9.66. The third-order valence-electron chi connectivity index (χ3n) is 9.03. The Kier molecular flexibility index (Phi) is 6.49. The fraction of sp³-hybridized carbons (Fsp3) is 0.419. The number of piperidine rings is 1. The van der Waals surface area contributed by atoms with E-state index in [1.54, 1.807) is 0 Å². The first-order valence-electron chi connectivity index (χ1n) is 14.3. The molecule has 2 amide bonds. The van der Waals surface area contributed by atoms with E-state index >= 15 is 0 Å². The lowest BCUT2D eigenvalue weighted by molar-refractivity contribution is -0.142. The molecule has 3 aliphatic rings. The summed E-state index contributed by atoms with van der Waals surface area (Å²) < 4.78 is 0.928. The minimum atomic E-state index is -0.384. The highest BCUT2D eigenvalue weighted by Gasteiger charge is 2.37. The largest absolute Gasteiger partial charge is 0.343 e. The van der Waals surface area contributed by atoms with Gasteiger partial charge in [0.15, 0.2) is 0 Å². The number of carbonyl (C=O) groups excluding carboxylic acids is 2. The number of benzene rings is 2. The molecule has 0 radical (unpaired) electrons. The van der Waals surface area contributed by atoms with Gasteiger partial charge in [-0.15, -0.1) is 0 Å². The second kappa shape index (κ2) is 10.2. The summed E-state index contributed by atoms with van der Waals surface area (Å²) in [6, 6.07) is 11.9. The van der Waals surface area contributed by atoms with E-state index < -0.39 is 0 Å². The molecule has 2 aromatic heterocycles. The maximum atomic E-state index is 13.8. The number of aromatic amines is 2. The molecule has 1 saturated carbocycles. The number of nitrogens with one attached hydrogen (secondary N) is 2. The highest BCUT2D eigenvalue weighted by Crippen LogP contribution is 2.37. The van der Waals surface area contributed by atoms with Crippen LogP contribution < -0.4 is 5.56 Å². The minimum absolute atomic E-state index is 0.0301. The van der Waals surface area contributed by atoms with Crippen molar-refractivity contribution in [1.82, 2.24) is 25.0 Å². The number of nitrogens with zero attached hydrogens (tertiary/aromatic N) is 3. The molecule has 40 heavy (non-hydrogen) atoms. The van der Waals surface area contributed by atoms with Gasteiger partial charge < -0.3 is 14.8 Å². The number of para-hydroxylation sites is 1. The lowest BCUT2D eigenvalue weighted by Gasteiger charge is -2.33. The van der Waals surface area contributed by atoms with Crippen LogP contribution in [0.4, 0.5) is 0 Å². The molecule has 4 heterocycles. The summed E-state index contributed by atoms with van der Waals surface area (Å²) in [5, 5.41) is 9.39. The van der Waals surface area contributed by atoms with Crippen molar-refractivity contribution in [3.05, 3.63) is 74.1 Å². The van der Waals surface area contributed by atoms with Crippen molar-refractivity contribution in [1.29, 1.82) is 0 Å². The summed E-state index contributed by atoms with van der Waals surface area (Å²) in [6.07, 6.45) is 6.41. The zero-order chi connectivity index (χ0) is 27.4. The summed E-state index contributed by atoms with van der Waals surface area (Å²) in [5.74, 6) is 0.413. The first-order chi connectivity index (χ1) is 19.4. The number of likely N-dealkylation sites (tertiary alicyclic amines) is 1. The standard InChI is InChI=1S/C31H32BrN5O3/c32-26-13-21-11-22(31(40)37(16-18-5-6-18)17-25(21)24-15-33-35-29(24)26)14-28(38)36-9-7-19(8-10-36)23-12-20-3-1-2-4-27(20)34-30(23)39/h1-4,12-13,15,18-19,22H,5-11,14,16-17H2,(H,33,35)(H,34,39)/t22-/m0/s1. The fourth-order valence-electron chi connectivity index (χ4n) is 6.60. The second-order valence-corrected chi connectivity index (χ2v) is 12.6. The number of pyridine rings is 1. The number of carbonyl (C=O) groups is 2. The lowest BCUT2D eigenvalue weighted by Crippen LogP contribution is -2.42. The van der Waals surface area contributed by atoms with E-state index in [1.165, 1.54) is 0 Å². The molecule has 9 heteroatoms. The fourth-order valence-corrected chi connectivity index (χ4v) is 7.18. The maximum absolute atomic E-state index is 13.8. The smallest absolute Gasteiger partial charge is 0.251 e. The van der Waals surface area contributed by atoms with Gasteiger partial charge in [-0.2, -0.15) is 5.10 Å². The molecule has 2 fully saturated rings. The normalized spacial score (nSPS) is 20.2. The number of rotatable bonds is 5. The molecule has 4 aromatic rings. The van der Waals surface area contributed by atoms with Gasteiger partial charge in [-0.05, 0) is 94.6 Å². The van der Waals surface area contributed by atoms with Crippen molar-refractivity contribution in [3.63, 3.8) is 0 Å². The van der Waals surface area contributed by atoms with E-state index in [0.717, 1.165) is 75.2 Å². The lowest BCUT2D eigenvalue weighted by atomic mass is 9.88. The molecular formula is C31H32BrN5O3. The van der Waals surface area contributed by atoms with Gasteiger partial charge in [0.25, 0.3) is 5.56 Å². The second-order valence-electron chi connectivity index (χ2n) is 11.7. The zero-order valence-corrected chi connectivity index (χ0v) is 23.9. The molecule has 206 valence electrons. The summed E-state index contributed by atoms with van der Waals surface area (Å²) in [4.78, 5) is 47.1. The van der Waals surface area contributed by atoms with Crippen LogP contribution in [-0.4, -0.2) is 56.4 Å². The molecule has 0 spiro atoms. The average Bonchev–Trinajstić information content (AvgIpc) is 3.66. The van der Waals surface area contributed by atoms with Gasteiger partial charge in [0.2, 0.25) is 11.8 Å². The maximum Gasteiger partial charge on any atom is 0.251 e. The Bertz CT molecular complexity index is 1680. The Balaban J connectivity index is 1.08. The molecule has 8 nitrogen and oxygen atoms in total. The first-order valence-corrected chi connectivity index (χ1v) is 15.1. The van der Waals surface area contributed by atoms with Crippen LogP contribution in [0.3, 0.4) is 0 Å². The quantitative estimate of drug-likeness (QED) is 0.340. The predicted octanol–water partition coefficient (Wildman–Crippen LogP) is 4.87. The Labute approximate surface area is 240 Å². The summed E-state index contributed by atoms with van der Waals surface area (Å²) >= 11 is 3.67. The molecule has 0 bridgehead atoms. The van der Waals surface area contributed by atoms with E-state index in [-0.39, 0.29) is 35.6 Å². The monoisotopic (exact) mass is 601 g/mol. The first kappa shape index (κ1) is 25.5. The Hall–Kier alpha value is -3.46. The Morgan fingerprint density at radius 3 is 2.67 bits per heavy atom. The SMILES string of the molecule is O=C(C[C@@H]1Cc2cc(Br)c3[nH]ncc3c2CN(CC2CC2)C1=O)N1CCC(c2cc3ccccc3[nH]c2=O)CC1. The highest BCUT2D eigenvalue weighted by atomic mass is 79.9. The average molecular weight is 603 g/mol.